The number of rotatable bonds is 2. The van der Waals surface area contributed by atoms with E-state index in [1.807, 2.05) is 42.5 Å². The molecule has 0 amide bonds. The van der Waals surface area contributed by atoms with Gasteiger partial charge in [-0.2, -0.15) is 0 Å². The highest BCUT2D eigenvalue weighted by molar-refractivity contribution is 5.93. The zero-order valence-electron chi connectivity index (χ0n) is 10.2. The number of nitrogen functional groups attached to an aromatic ring is 2. The second-order valence-corrected chi connectivity index (χ2v) is 4.23. The molecule has 0 radical (unpaired) electrons. The fourth-order valence-electron chi connectivity index (χ4n) is 1.97. The highest BCUT2D eigenvalue weighted by atomic mass is 16.5. The maximum Gasteiger partial charge on any atom is 0.138 e. The molecule has 4 N–H and O–H groups in total. The molecule has 94 valence electrons. The number of hydrogen-bond acceptors (Lipinski definition) is 4. The van der Waals surface area contributed by atoms with Gasteiger partial charge in [-0.15, -0.1) is 0 Å². The SMILES string of the molecule is Nc1cccc(Oc2ccnc3c(N)cccc23)c1. The number of nitrogens with two attached hydrogens (primary N) is 2. The molecule has 0 fully saturated rings. The summed E-state index contributed by atoms with van der Waals surface area (Å²) >= 11 is 0. The molecule has 1 heterocycles. The monoisotopic (exact) mass is 251 g/mol. The van der Waals surface area contributed by atoms with Crippen LogP contribution in [0.5, 0.6) is 11.5 Å². The van der Waals surface area contributed by atoms with Gasteiger partial charge in [0.2, 0.25) is 0 Å². The van der Waals surface area contributed by atoms with Crippen LogP contribution in [0, 0.1) is 0 Å². The van der Waals surface area contributed by atoms with E-state index < -0.39 is 0 Å². The molecule has 3 aromatic rings. The zero-order chi connectivity index (χ0) is 13.2. The molecule has 1 aromatic heterocycles. The maximum absolute atomic E-state index is 5.90. The molecule has 0 saturated heterocycles. The second kappa shape index (κ2) is 4.49. The number of fused-ring (bicyclic) bond motifs is 1. The van der Waals surface area contributed by atoms with Gasteiger partial charge in [0.05, 0.1) is 11.2 Å². The van der Waals surface area contributed by atoms with E-state index in [9.17, 15) is 0 Å². The summed E-state index contributed by atoms with van der Waals surface area (Å²) in [5, 5.41) is 0.880. The molecule has 0 spiro atoms. The molecular formula is C15H13N3O. The molecule has 3 rings (SSSR count). The minimum absolute atomic E-state index is 0.635. The Morgan fingerprint density at radius 2 is 1.79 bits per heavy atom. The van der Waals surface area contributed by atoms with E-state index in [0.717, 1.165) is 10.9 Å². The molecule has 0 aliphatic carbocycles. The molecule has 0 aliphatic rings. The summed E-state index contributed by atoms with van der Waals surface area (Å²) in [4.78, 5) is 4.27. The van der Waals surface area contributed by atoms with E-state index in [4.69, 9.17) is 16.2 Å². The van der Waals surface area contributed by atoms with Gasteiger partial charge in [0.25, 0.3) is 0 Å². The van der Waals surface area contributed by atoms with Crippen molar-refractivity contribution in [2.24, 2.45) is 0 Å². The van der Waals surface area contributed by atoms with Crippen molar-refractivity contribution >= 4 is 22.3 Å². The van der Waals surface area contributed by atoms with Crippen molar-refractivity contribution in [3.8, 4) is 11.5 Å². The van der Waals surface area contributed by atoms with E-state index in [2.05, 4.69) is 4.98 Å². The maximum atomic E-state index is 5.90. The fraction of sp³-hybridized carbons (Fsp3) is 0. The number of pyridine rings is 1. The van der Waals surface area contributed by atoms with Gasteiger partial charge in [-0.25, -0.2) is 0 Å². The number of aromatic nitrogens is 1. The fourth-order valence-corrected chi connectivity index (χ4v) is 1.97. The summed E-state index contributed by atoms with van der Waals surface area (Å²) < 4.78 is 5.85. The first-order valence-electron chi connectivity index (χ1n) is 5.90. The Labute approximate surface area is 110 Å². The number of ether oxygens (including phenoxy) is 1. The molecule has 4 nitrogen and oxygen atoms in total. The lowest BCUT2D eigenvalue weighted by Crippen LogP contribution is -1.92. The first-order chi connectivity index (χ1) is 9.24. The first kappa shape index (κ1) is 11.3. The molecular weight excluding hydrogens is 238 g/mol. The van der Waals surface area contributed by atoms with E-state index in [-0.39, 0.29) is 0 Å². The van der Waals surface area contributed by atoms with E-state index in [1.165, 1.54) is 0 Å². The summed E-state index contributed by atoms with van der Waals surface area (Å²) in [6.45, 7) is 0. The van der Waals surface area contributed by atoms with Crippen LogP contribution < -0.4 is 16.2 Å². The predicted octanol–water partition coefficient (Wildman–Crippen LogP) is 3.19. The van der Waals surface area contributed by atoms with Crippen molar-refractivity contribution in [3.63, 3.8) is 0 Å². The van der Waals surface area contributed by atoms with E-state index >= 15 is 0 Å². The third kappa shape index (κ3) is 2.15. The van der Waals surface area contributed by atoms with Crippen molar-refractivity contribution < 1.29 is 4.74 Å². The van der Waals surface area contributed by atoms with Gasteiger partial charge < -0.3 is 16.2 Å². The Balaban J connectivity index is 2.08. The minimum Gasteiger partial charge on any atom is -0.457 e. The first-order valence-corrected chi connectivity index (χ1v) is 5.90. The summed E-state index contributed by atoms with van der Waals surface area (Å²) in [6, 6.07) is 14.7. The van der Waals surface area contributed by atoms with Crippen LogP contribution in [0.4, 0.5) is 11.4 Å². The van der Waals surface area contributed by atoms with Crippen LogP contribution in [0.15, 0.2) is 54.7 Å². The summed E-state index contributed by atoms with van der Waals surface area (Å²) in [5.74, 6) is 1.40. The van der Waals surface area contributed by atoms with Crippen LogP contribution in [-0.4, -0.2) is 4.98 Å². The standard InChI is InChI=1S/C15H13N3O/c16-10-3-1-4-11(9-10)19-14-7-8-18-15-12(14)5-2-6-13(15)17/h1-9H,16-17H2. The van der Waals surface area contributed by atoms with Crippen molar-refractivity contribution in [2.75, 3.05) is 11.5 Å². The summed E-state index contributed by atoms with van der Waals surface area (Å²) in [7, 11) is 0. The van der Waals surface area contributed by atoms with Crippen molar-refractivity contribution in [3.05, 3.63) is 54.7 Å². The normalized spacial score (nSPS) is 10.5. The van der Waals surface area contributed by atoms with E-state index in [1.54, 1.807) is 12.3 Å². The zero-order valence-corrected chi connectivity index (χ0v) is 10.2. The van der Waals surface area contributed by atoms with Crippen LogP contribution >= 0.6 is 0 Å². The molecule has 0 aliphatic heterocycles. The van der Waals surface area contributed by atoms with Crippen molar-refractivity contribution in [1.29, 1.82) is 0 Å². The lowest BCUT2D eigenvalue weighted by atomic mass is 10.2. The van der Waals surface area contributed by atoms with Gasteiger partial charge in [0.1, 0.15) is 11.5 Å². The van der Waals surface area contributed by atoms with Crippen LogP contribution in [0.25, 0.3) is 10.9 Å². The molecule has 4 heteroatoms. The Morgan fingerprint density at radius 1 is 0.947 bits per heavy atom. The second-order valence-electron chi connectivity index (χ2n) is 4.23. The average Bonchev–Trinajstić information content (AvgIpc) is 2.40. The molecule has 0 bridgehead atoms. The largest absolute Gasteiger partial charge is 0.457 e. The van der Waals surface area contributed by atoms with Gasteiger partial charge >= 0.3 is 0 Å². The highest BCUT2D eigenvalue weighted by Crippen LogP contribution is 2.31. The number of nitrogens with zero attached hydrogens (tertiary/aromatic N) is 1. The number of hydrogen-bond donors (Lipinski definition) is 2. The molecule has 2 aromatic carbocycles. The average molecular weight is 251 g/mol. The summed E-state index contributed by atoms with van der Waals surface area (Å²) in [5.41, 5.74) is 13.7. The molecule has 0 saturated carbocycles. The smallest absolute Gasteiger partial charge is 0.138 e. The van der Waals surface area contributed by atoms with Crippen LogP contribution in [0.3, 0.4) is 0 Å². The Kier molecular flexibility index (Phi) is 2.68. The third-order valence-electron chi connectivity index (χ3n) is 2.85. The summed E-state index contributed by atoms with van der Waals surface area (Å²) in [6.07, 6.45) is 1.68. The quantitative estimate of drug-likeness (QED) is 0.686. The number of anilines is 2. The van der Waals surface area contributed by atoms with Gasteiger partial charge in [-0.1, -0.05) is 12.1 Å². The van der Waals surface area contributed by atoms with Crippen LogP contribution in [-0.2, 0) is 0 Å². The molecule has 0 unspecified atom stereocenters. The lowest BCUT2D eigenvalue weighted by molar-refractivity contribution is 0.488. The third-order valence-corrected chi connectivity index (χ3v) is 2.85. The highest BCUT2D eigenvalue weighted by Gasteiger charge is 2.06. The Morgan fingerprint density at radius 3 is 2.63 bits per heavy atom. The number of benzene rings is 2. The minimum atomic E-state index is 0.635. The molecule has 0 atom stereocenters. The Hall–Kier alpha value is -2.75. The number of para-hydroxylation sites is 1. The van der Waals surface area contributed by atoms with E-state index in [0.29, 0.717) is 22.9 Å². The van der Waals surface area contributed by atoms with Crippen molar-refractivity contribution in [2.45, 2.75) is 0 Å². The molecule has 19 heavy (non-hydrogen) atoms. The van der Waals surface area contributed by atoms with Gasteiger partial charge in [0, 0.05) is 23.3 Å². The van der Waals surface area contributed by atoms with Crippen LogP contribution in [0.2, 0.25) is 0 Å². The lowest BCUT2D eigenvalue weighted by Gasteiger charge is -2.09. The van der Waals surface area contributed by atoms with Crippen molar-refractivity contribution in [1.82, 2.24) is 4.98 Å². The van der Waals surface area contributed by atoms with Gasteiger partial charge in [-0.3, -0.25) is 4.98 Å². The predicted molar refractivity (Wildman–Crippen MR) is 77.1 cm³/mol. The van der Waals surface area contributed by atoms with Gasteiger partial charge in [-0.05, 0) is 30.3 Å². The van der Waals surface area contributed by atoms with Crippen LogP contribution in [0.1, 0.15) is 0 Å². The van der Waals surface area contributed by atoms with Gasteiger partial charge in [0.15, 0.2) is 0 Å². The Bertz CT molecular complexity index is 740. The topological polar surface area (TPSA) is 74.2 Å².